The molecule has 1 aromatic heterocycles. The summed E-state index contributed by atoms with van der Waals surface area (Å²) in [6.07, 6.45) is 0. The highest BCUT2D eigenvalue weighted by Gasteiger charge is 2.06. The summed E-state index contributed by atoms with van der Waals surface area (Å²) < 4.78 is 5.40. The van der Waals surface area contributed by atoms with Crippen molar-refractivity contribution in [3.05, 3.63) is 59.0 Å². The number of hydrogen-bond acceptors (Lipinski definition) is 3. The van der Waals surface area contributed by atoms with E-state index in [2.05, 4.69) is 17.2 Å². The summed E-state index contributed by atoms with van der Waals surface area (Å²) in [6.45, 7) is 2.53. The van der Waals surface area contributed by atoms with E-state index in [0.29, 0.717) is 18.7 Å². The number of furan rings is 1. The van der Waals surface area contributed by atoms with Crippen LogP contribution in [-0.4, -0.2) is 12.5 Å². The Bertz CT molecular complexity index is 662. The Hall–Kier alpha value is -2.51. The predicted molar refractivity (Wildman–Crippen MR) is 77.0 cm³/mol. The van der Waals surface area contributed by atoms with Crippen molar-refractivity contribution in [2.75, 3.05) is 6.54 Å². The smallest absolute Gasteiger partial charge is 0.251 e. The van der Waals surface area contributed by atoms with Gasteiger partial charge in [0.25, 0.3) is 5.91 Å². The summed E-state index contributed by atoms with van der Waals surface area (Å²) >= 11 is 0. The molecule has 1 aromatic carbocycles. The van der Waals surface area contributed by atoms with Crippen LogP contribution in [0.2, 0.25) is 0 Å². The summed E-state index contributed by atoms with van der Waals surface area (Å²) in [5.74, 6) is 7.07. The van der Waals surface area contributed by atoms with Crippen molar-refractivity contribution in [3.63, 3.8) is 0 Å². The molecule has 0 aliphatic carbocycles. The number of benzene rings is 1. The molecule has 0 saturated heterocycles. The van der Waals surface area contributed by atoms with Crippen LogP contribution in [-0.2, 0) is 6.54 Å². The van der Waals surface area contributed by atoms with Gasteiger partial charge < -0.3 is 15.5 Å². The lowest BCUT2D eigenvalue weighted by atomic mass is 10.1. The molecule has 0 radical (unpaired) electrons. The lowest BCUT2D eigenvalue weighted by Crippen LogP contribution is -2.22. The number of carbonyl (C=O) groups excluding carboxylic acids is 1. The molecule has 2 aromatic rings. The molecule has 0 bridgehead atoms. The molecule has 4 heteroatoms. The highest BCUT2D eigenvalue weighted by Crippen LogP contribution is 2.07. The van der Waals surface area contributed by atoms with Crippen LogP contribution in [0, 0.1) is 18.8 Å². The molecule has 1 amide bonds. The standard InChI is InChI=1S/C16H16N2O2/c1-12-7-8-15(20-12)11-18-16(19)14-6-2-4-13(10-14)5-3-9-17/h2,4,6-8,10H,9,11,17H2,1H3,(H,18,19). The van der Waals surface area contributed by atoms with Crippen LogP contribution in [0.3, 0.4) is 0 Å². The first kappa shape index (κ1) is 13.9. The zero-order valence-corrected chi connectivity index (χ0v) is 11.3. The van der Waals surface area contributed by atoms with E-state index in [9.17, 15) is 4.79 Å². The van der Waals surface area contributed by atoms with Gasteiger partial charge in [0.05, 0.1) is 13.1 Å². The number of carbonyl (C=O) groups is 1. The van der Waals surface area contributed by atoms with E-state index < -0.39 is 0 Å². The van der Waals surface area contributed by atoms with Crippen molar-refractivity contribution in [1.29, 1.82) is 0 Å². The van der Waals surface area contributed by atoms with Crippen molar-refractivity contribution in [2.24, 2.45) is 5.73 Å². The van der Waals surface area contributed by atoms with Gasteiger partial charge in [0.15, 0.2) is 0 Å². The Kier molecular flexibility index (Phi) is 4.59. The first-order chi connectivity index (χ1) is 9.69. The normalized spacial score (nSPS) is 9.70. The highest BCUT2D eigenvalue weighted by molar-refractivity contribution is 5.94. The third-order valence-corrected chi connectivity index (χ3v) is 2.68. The minimum absolute atomic E-state index is 0.157. The molecule has 20 heavy (non-hydrogen) atoms. The fourth-order valence-corrected chi connectivity index (χ4v) is 1.74. The van der Waals surface area contributed by atoms with Crippen LogP contribution in [0.1, 0.15) is 27.4 Å². The van der Waals surface area contributed by atoms with Crippen molar-refractivity contribution < 1.29 is 9.21 Å². The SMILES string of the molecule is Cc1ccc(CNC(=O)c2cccc(C#CCN)c2)o1. The van der Waals surface area contributed by atoms with Crippen LogP contribution in [0.25, 0.3) is 0 Å². The monoisotopic (exact) mass is 268 g/mol. The molecule has 4 nitrogen and oxygen atoms in total. The Labute approximate surface area is 118 Å². The van der Waals surface area contributed by atoms with Crippen LogP contribution in [0.4, 0.5) is 0 Å². The topological polar surface area (TPSA) is 68.3 Å². The molecule has 3 N–H and O–H groups in total. The minimum atomic E-state index is -0.157. The quantitative estimate of drug-likeness (QED) is 0.834. The summed E-state index contributed by atoms with van der Waals surface area (Å²) in [4.78, 5) is 12.0. The maximum absolute atomic E-state index is 12.0. The van der Waals surface area contributed by atoms with Crippen LogP contribution < -0.4 is 11.1 Å². The maximum atomic E-state index is 12.0. The molecule has 102 valence electrons. The van der Waals surface area contributed by atoms with Crippen LogP contribution in [0.15, 0.2) is 40.8 Å². The molecule has 0 unspecified atom stereocenters. The lowest BCUT2D eigenvalue weighted by molar-refractivity contribution is 0.0948. The average molecular weight is 268 g/mol. The molecule has 0 fully saturated rings. The third kappa shape index (κ3) is 3.74. The molecule has 0 atom stereocenters. The van der Waals surface area contributed by atoms with E-state index in [-0.39, 0.29) is 5.91 Å². The third-order valence-electron chi connectivity index (χ3n) is 2.68. The second-order valence-electron chi connectivity index (χ2n) is 4.28. The van der Waals surface area contributed by atoms with Gasteiger partial charge in [-0.1, -0.05) is 17.9 Å². The van der Waals surface area contributed by atoms with Crippen molar-refractivity contribution in [2.45, 2.75) is 13.5 Å². The van der Waals surface area contributed by atoms with Crippen LogP contribution in [0.5, 0.6) is 0 Å². The molecule has 0 aliphatic rings. The molecule has 0 aliphatic heterocycles. The van der Waals surface area contributed by atoms with Gasteiger partial charge in [-0.3, -0.25) is 4.79 Å². The zero-order chi connectivity index (χ0) is 14.4. The number of aryl methyl sites for hydroxylation is 1. The Morgan fingerprint density at radius 3 is 2.90 bits per heavy atom. The summed E-state index contributed by atoms with van der Waals surface area (Å²) in [6, 6.07) is 10.8. The molecule has 2 rings (SSSR count). The Morgan fingerprint density at radius 2 is 2.20 bits per heavy atom. The summed E-state index contributed by atoms with van der Waals surface area (Å²) in [5, 5.41) is 2.81. The van der Waals surface area contributed by atoms with E-state index in [0.717, 1.165) is 17.1 Å². The van der Waals surface area contributed by atoms with Gasteiger partial charge in [-0.2, -0.15) is 0 Å². The van der Waals surface area contributed by atoms with Crippen molar-refractivity contribution in [3.8, 4) is 11.8 Å². The van der Waals surface area contributed by atoms with E-state index in [1.807, 2.05) is 25.1 Å². The predicted octanol–water partition coefficient (Wildman–Crippen LogP) is 1.83. The largest absolute Gasteiger partial charge is 0.465 e. The Morgan fingerprint density at radius 1 is 1.35 bits per heavy atom. The van der Waals surface area contributed by atoms with E-state index in [1.165, 1.54) is 0 Å². The second kappa shape index (κ2) is 6.60. The first-order valence-corrected chi connectivity index (χ1v) is 6.31. The van der Waals surface area contributed by atoms with Gasteiger partial charge in [-0.25, -0.2) is 0 Å². The first-order valence-electron chi connectivity index (χ1n) is 6.31. The van der Waals surface area contributed by atoms with Gasteiger partial charge in [-0.15, -0.1) is 0 Å². The van der Waals surface area contributed by atoms with Gasteiger partial charge in [0, 0.05) is 11.1 Å². The van der Waals surface area contributed by atoms with Crippen molar-refractivity contribution in [1.82, 2.24) is 5.32 Å². The molecule has 0 spiro atoms. The van der Waals surface area contributed by atoms with E-state index >= 15 is 0 Å². The lowest BCUT2D eigenvalue weighted by Gasteiger charge is -2.03. The summed E-state index contributed by atoms with van der Waals surface area (Å²) in [7, 11) is 0. The number of rotatable bonds is 3. The second-order valence-corrected chi connectivity index (χ2v) is 4.28. The van der Waals surface area contributed by atoms with Gasteiger partial charge >= 0.3 is 0 Å². The maximum Gasteiger partial charge on any atom is 0.251 e. The number of nitrogens with two attached hydrogens (primary N) is 1. The number of nitrogens with one attached hydrogen (secondary N) is 1. The Balaban J connectivity index is 2.01. The molecular weight excluding hydrogens is 252 g/mol. The fraction of sp³-hybridized carbons (Fsp3) is 0.188. The van der Waals surface area contributed by atoms with Gasteiger partial charge in [-0.05, 0) is 37.3 Å². The highest BCUT2D eigenvalue weighted by atomic mass is 16.3. The zero-order valence-electron chi connectivity index (χ0n) is 11.3. The number of hydrogen-bond donors (Lipinski definition) is 2. The average Bonchev–Trinajstić information content (AvgIpc) is 2.88. The minimum Gasteiger partial charge on any atom is -0.465 e. The molecular formula is C16H16N2O2. The molecule has 1 heterocycles. The van der Waals surface area contributed by atoms with E-state index in [4.69, 9.17) is 10.2 Å². The van der Waals surface area contributed by atoms with Crippen LogP contribution >= 0.6 is 0 Å². The van der Waals surface area contributed by atoms with Gasteiger partial charge in [0.2, 0.25) is 0 Å². The van der Waals surface area contributed by atoms with Gasteiger partial charge in [0.1, 0.15) is 11.5 Å². The molecule has 0 saturated carbocycles. The fourth-order valence-electron chi connectivity index (χ4n) is 1.74. The van der Waals surface area contributed by atoms with Crippen molar-refractivity contribution >= 4 is 5.91 Å². The number of amides is 1. The summed E-state index contributed by atoms with van der Waals surface area (Å²) in [5.41, 5.74) is 6.67. The van der Waals surface area contributed by atoms with E-state index in [1.54, 1.807) is 18.2 Å².